The third-order valence-corrected chi connectivity index (χ3v) is 5.36. The number of amides is 1. The van der Waals surface area contributed by atoms with E-state index in [4.69, 9.17) is 18.9 Å². The smallest absolute Gasteiger partial charge is 0.316 e. The Bertz CT molecular complexity index is 832. The summed E-state index contributed by atoms with van der Waals surface area (Å²) in [6, 6.07) is 3.20. The van der Waals surface area contributed by atoms with Gasteiger partial charge >= 0.3 is 5.97 Å². The van der Waals surface area contributed by atoms with Gasteiger partial charge in [-0.25, -0.2) is 0 Å². The van der Waals surface area contributed by atoms with E-state index in [1.54, 1.807) is 19.1 Å². The van der Waals surface area contributed by atoms with Crippen LogP contribution in [0.25, 0.3) is 0 Å². The SMILES string of the molecule is CCOC(=O)CSc1nnc(NC(=O)c2cc(OCC)c(OCC)c(OCC)c2)s1. The Morgan fingerprint density at radius 2 is 1.60 bits per heavy atom. The molecule has 1 aromatic carbocycles. The fourth-order valence-corrected chi connectivity index (χ4v) is 3.88. The molecule has 164 valence electrons. The van der Waals surface area contributed by atoms with Gasteiger partial charge in [0.25, 0.3) is 5.91 Å². The number of ether oxygens (including phenoxy) is 4. The molecule has 0 bridgehead atoms. The Morgan fingerprint density at radius 3 is 2.17 bits per heavy atom. The lowest BCUT2D eigenvalue weighted by Crippen LogP contribution is -2.13. The Kier molecular flexibility index (Phi) is 9.68. The first-order valence-electron chi connectivity index (χ1n) is 9.51. The van der Waals surface area contributed by atoms with E-state index in [1.807, 2.05) is 20.8 Å². The monoisotopic (exact) mass is 455 g/mol. The van der Waals surface area contributed by atoms with Crippen LogP contribution < -0.4 is 19.5 Å². The Hall–Kier alpha value is -2.53. The number of carbonyl (C=O) groups excluding carboxylic acids is 2. The number of hydrogen-bond donors (Lipinski definition) is 1. The molecule has 0 fully saturated rings. The van der Waals surface area contributed by atoms with E-state index in [9.17, 15) is 9.59 Å². The lowest BCUT2D eigenvalue weighted by Gasteiger charge is -2.16. The van der Waals surface area contributed by atoms with Gasteiger partial charge in [-0.2, -0.15) is 0 Å². The van der Waals surface area contributed by atoms with Crippen molar-refractivity contribution in [2.75, 3.05) is 37.5 Å². The number of carbonyl (C=O) groups is 2. The number of anilines is 1. The van der Waals surface area contributed by atoms with Crippen molar-refractivity contribution in [1.82, 2.24) is 10.2 Å². The van der Waals surface area contributed by atoms with E-state index in [1.165, 1.54) is 23.1 Å². The first-order valence-corrected chi connectivity index (χ1v) is 11.3. The molecule has 0 atom stereocenters. The molecule has 0 aliphatic heterocycles. The van der Waals surface area contributed by atoms with Gasteiger partial charge in [-0.05, 0) is 39.8 Å². The van der Waals surface area contributed by atoms with Gasteiger partial charge in [0.1, 0.15) is 0 Å². The van der Waals surface area contributed by atoms with E-state index >= 15 is 0 Å². The Balaban J connectivity index is 2.15. The Labute approximate surface area is 183 Å². The maximum Gasteiger partial charge on any atom is 0.316 e. The van der Waals surface area contributed by atoms with Crippen LogP contribution in [0.3, 0.4) is 0 Å². The molecule has 0 aliphatic rings. The average molecular weight is 456 g/mol. The molecule has 2 aromatic rings. The minimum Gasteiger partial charge on any atom is -0.490 e. The van der Waals surface area contributed by atoms with E-state index in [0.29, 0.717) is 58.7 Å². The van der Waals surface area contributed by atoms with Gasteiger partial charge in [0, 0.05) is 5.56 Å². The molecule has 1 N–H and O–H groups in total. The highest BCUT2D eigenvalue weighted by atomic mass is 32.2. The van der Waals surface area contributed by atoms with Gasteiger partial charge in [0.15, 0.2) is 15.8 Å². The average Bonchev–Trinajstić information content (AvgIpc) is 3.16. The minimum absolute atomic E-state index is 0.130. The number of rotatable bonds is 12. The lowest BCUT2D eigenvalue weighted by molar-refractivity contribution is -0.139. The van der Waals surface area contributed by atoms with Crippen molar-refractivity contribution in [2.45, 2.75) is 32.0 Å². The zero-order valence-corrected chi connectivity index (χ0v) is 19.0. The molecule has 2 rings (SSSR count). The second-order valence-corrected chi connectivity index (χ2v) is 7.72. The summed E-state index contributed by atoms with van der Waals surface area (Å²) < 4.78 is 22.4. The van der Waals surface area contributed by atoms with Crippen LogP contribution in [0.2, 0.25) is 0 Å². The zero-order chi connectivity index (χ0) is 21.9. The lowest BCUT2D eigenvalue weighted by atomic mass is 10.1. The van der Waals surface area contributed by atoms with Gasteiger partial charge in [0.2, 0.25) is 10.9 Å². The van der Waals surface area contributed by atoms with Crippen molar-refractivity contribution in [2.24, 2.45) is 0 Å². The number of hydrogen-bond acceptors (Lipinski definition) is 10. The van der Waals surface area contributed by atoms with Gasteiger partial charge in [0.05, 0.1) is 32.2 Å². The normalized spacial score (nSPS) is 10.4. The number of aromatic nitrogens is 2. The highest BCUT2D eigenvalue weighted by Crippen LogP contribution is 2.39. The van der Waals surface area contributed by atoms with Gasteiger partial charge in [-0.1, -0.05) is 23.1 Å². The molecule has 1 amide bonds. The second-order valence-electron chi connectivity index (χ2n) is 5.52. The van der Waals surface area contributed by atoms with Crippen LogP contribution in [0.5, 0.6) is 17.2 Å². The van der Waals surface area contributed by atoms with Crippen LogP contribution in [0.1, 0.15) is 38.1 Å². The van der Waals surface area contributed by atoms with Crippen molar-refractivity contribution in [3.63, 3.8) is 0 Å². The van der Waals surface area contributed by atoms with Gasteiger partial charge in [-0.15, -0.1) is 10.2 Å². The molecule has 0 saturated heterocycles. The molecule has 0 unspecified atom stereocenters. The first-order chi connectivity index (χ1) is 14.5. The predicted molar refractivity (Wildman–Crippen MR) is 115 cm³/mol. The quantitative estimate of drug-likeness (QED) is 0.291. The van der Waals surface area contributed by atoms with E-state index in [0.717, 1.165) is 0 Å². The number of nitrogens with zero attached hydrogens (tertiary/aromatic N) is 2. The summed E-state index contributed by atoms with van der Waals surface area (Å²) in [6.07, 6.45) is 0. The van der Waals surface area contributed by atoms with Crippen molar-refractivity contribution in [3.8, 4) is 17.2 Å². The third kappa shape index (κ3) is 6.77. The number of benzene rings is 1. The van der Waals surface area contributed by atoms with Crippen molar-refractivity contribution >= 4 is 40.1 Å². The number of thioether (sulfide) groups is 1. The van der Waals surface area contributed by atoms with Gasteiger partial charge in [-0.3, -0.25) is 14.9 Å². The van der Waals surface area contributed by atoms with Crippen LogP contribution in [-0.4, -0.2) is 54.3 Å². The molecule has 0 saturated carbocycles. The standard InChI is InChI=1S/C19H25N3O6S2/c1-5-25-13-9-12(10-14(26-6-2)16(13)28-8-4)17(24)20-18-21-22-19(30-18)29-11-15(23)27-7-3/h9-10H,5-8,11H2,1-4H3,(H,20,21,24). The first kappa shape index (κ1) is 23.7. The van der Waals surface area contributed by atoms with Crippen LogP contribution in [0.15, 0.2) is 16.5 Å². The van der Waals surface area contributed by atoms with Gasteiger partial charge < -0.3 is 18.9 Å². The molecule has 11 heteroatoms. The summed E-state index contributed by atoms with van der Waals surface area (Å²) in [5.74, 6) is 0.732. The highest BCUT2D eigenvalue weighted by molar-refractivity contribution is 8.01. The highest BCUT2D eigenvalue weighted by Gasteiger charge is 2.19. The minimum atomic E-state index is -0.391. The van der Waals surface area contributed by atoms with E-state index < -0.39 is 5.91 Å². The van der Waals surface area contributed by atoms with Crippen molar-refractivity contribution in [1.29, 1.82) is 0 Å². The van der Waals surface area contributed by atoms with Crippen LogP contribution in [0, 0.1) is 0 Å². The summed E-state index contributed by atoms with van der Waals surface area (Å²) in [5.41, 5.74) is 0.335. The topological polar surface area (TPSA) is 109 Å². The maximum absolute atomic E-state index is 12.8. The fourth-order valence-electron chi connectivity index (χ4n) is 2.33. The van der Waals surface area contributed by atoms with E-state index in [2.05, 4.69) is 15.5 Å². The summed E-state index contributed by atoms with van der Waals surface area (Å²) in [4.78, 5) is 24.2. The predicted octanol–water partition coefficient (Wildman–Crippen LogP) is 3.64. The molecular formula is C19H25N3O6S2. The maximum atomic E-state index is 12.8. The molecule has 1 heterocycles. The van der Waals surface area contributed by atoms with Crippen molar-refractivity contribution < 1.29 is 28.5 Å². The molecular weight excluding hydrogens is 430 g/mol. The largest absolute Gasteiger partial charge is 0.490 e. The fraction of sp³-hybridized carbons (Fsp3) is 0.474. The molecule has 9 nitrogen and oxygen atoms in total. The van der Waals surface area contributed by atoms with Crippen LogP contribution in [-0.2, 0) is 9.53 Å². The molecule has 0 aliphatic carbocycles. The summed E-state index contributed by atoms with van der Waals surface area (Å²) in [6.45, 7) is 8.88. The molecule has 1 aromatic heterocycles. The van der Waals surface area contributed by atoms with Crippen LogP contribution in [0.4, 0.5) is 5.13 Å². The van der Waals surface area contributed by atoms with E-state index in [-0.39, 0.29) is 11.7 Å². The third-order valence-electron chi connectivity index (χ3n) is 3.42. The summed E-state index contributed by atoms with van der Waals surface area (Å²) in [7, 11) is 0. The molecule has 0 spiro atoms. The van der Waals surface area contributed by atoms with Crippen LogP contribution >= 0.6 is 23.1 Å². The summed E-state index contributed by atoms with van der Waals surface area (Å²) >= 11 is 2.37. The Morgan fingerprint density at radius 1 is 0.967 bits per heavy atom. The zero-order valence-electron chi connectivity index (χ0n) is 17.4. The molecule has 30 heavy (non-hydrogen) atoms. The number of nitrogens with one attached hydrogen (secondary N) is 1. The second kappa shape index (κ2) is 12.2. The molecule has 0 radical (unpaired) electrons. The van der Waals surface area contributed by atoms with Crippen molar-refractivity contribution in [3.05, 3.63) is 17.7 Å². The summed E-state index contributed by atoms with van der Waals surface area (Å²) in [5, 5.41) is 10.9. The number of esters is 1.